The highest BCUT2D eigenvalue weighted by atomic mass is 16.3. The topological polar surface area (TPSA) is 35.5 Å². The second-order valence-electron chi connectivity index (χ2n) is 5.15. The van der Waals surface area contributed by atoms with Crippen molar-refractivity contribution in [1.29, 1.82) is 0 Å². The fraction of sp³-hybridized carbons (Fsp3) is 0.600. The fourth-order valence-electron chi connectivity index (χ4n) is 2.17. The van der Waals surface area contributed by atoms with Crippen molar-refractivity contribution in [2.24, 2.45) is 0 Å². The van der Waals surface area contributed by atoms with Gasteiger partial charge in [-0.3, -0.25) is 0 Å². The minimum absolute atomic E-state index is 0.262. The summed E-state index contributed by atoms with van der Waals surface area (Å²) >= 11 is 0. The molecule has 0 saturated carbocycles. The Kier molecular flexibility index (Phi) is 6.33. The maximum absolute atomic E-state index is 9.34. The molecule has 2 N–H and O–H groups in total. The standard InChI is InChI=1S/C15H26N2O/c1-12-5-7-14(8-6-12)15(16-3)9-10-17(4)11-13(2)18/h5-8,13,15-16,18H,9-11H2,1-4H3. The van der Waals surface area contributed by atoms with Crippen LogP contribution in [-0.4, -0.2) is 43.3 Å². The molecule has 0 bridgehead atoms. The molecule has 0 amide bonds. The Labute approximate surface area is 111 Å². The van der Waals surface area contributed by atoms with Gasteiger partial charge in [-0.1, -0.05) is 29.8 Å². The van der Waals surface area contributed by atoms with Crippen molar-refractivity contribution in [3.8, 4) is 0 Å². The van der Waals surface area contributed by atoms with E-state index in [1.165, 1.54) is 11.1 Å². The molecule has 3 heteroatoms. The molecule has 2 atom stereocenters. The molecular formula is C15H26N2O. The van der Waals surface area contributed by atoms with Crippen molar-refractivity contribution in [3.63, 3.8) is 0 Å². The van der Waals surface area contributed by atoms with E-state index in [2.05, 4.69) is 48.5 Å². The average Bonchev–Trinajstić information content (AvgIpc) is 2.31. The second-order valence-corrected chi connectivity index (χ2v) is 5.15. The van der Waals surface area contributed by atoms with E-state index in [0.29, 0.717) is 6.04 Å². The molecule has 1 aromatic rings. The van der Waals surface area contributed by atoms with Crippen LogP contribution in [0.15, 0.2) is 24.3 Å². The molecule has 0 fully saturated rings. The van der Waals surface area contributed by atoms with Gasteiger partial charge < -0.3 is 15.3 Å². The predicted molar refractivity (Wildman–Crippen MR) is 76.8 cm³/mol. The first kappa shape index (κ1) is 15.2. The summed E-state index contributed by atoms with van der Waals surface area (Å²) in [6.07, 6.45) is 0.783. The lowest BCUT2D eigenvalue weighted by Gasteiger charge is -2.22. The molecule has 0 aliphatic rings. The van der Waals surface area contributed by atoms with Crippen molar-refractivity contribution in [3.05, 3.63) is 35.4 Å². The third kappa shape index (κ3) is 5.17. The van der Waals surface area contributed by atoms with Gasteiger partial charge >= 0.3 is 0 Å². The summed E-state index contributed by atoms with van der Waals surface area (Å²) in [6, 6.07) is 9.05. The van der Waals surface area contributed by atoms with Crippen molar-refractivity contribution in [2.45, 2.75) is 32.4 Å². The van der Waals surface area contributed by atoms with Crippen LogP contribution in [0.4, 0.5) is 0 Å². The Morgan fingerprint density at radius 3 is 2.39 bits per heavy atom. The molecular weight excluding hydrogens is 224 g/mol. The van der Waals surface area contributed by atoms with Crippen LogP contribution in [0.1, 0.15) is 30.5 Å². The van der Waals surface area contributed by atoms with Gasteiger partial charge in [-0.05, 0) is 46.5 Å². The first-order chi connectivity index (χ1) is 8.52. The maximum atomic E-state index is 9.34. The minimum Gasteiger partial charge on any atom is -0.392 e. The zero-order chi connectivity index (χ0) is 13.5. The number of nitrogens with zero attached hydrogens (tertiary/aromatic N) is 1. The first-order valence-electron chi connectivity index (χ1n) is 6.63. The van der Waals surface area contributed by atoms with E-state index in [-0.39, 0.29) is 6.10 Å². The minimum atomic E-state index is -0.262. The number of benzene rings is 1. The molecule has 0 aliphatic heterocycles. The molecule has 18 heavy (non-hydrogen) atoms. The van der Waals surface area contributed by atoms with Crippen molar-refractivity contribution in [1.82, 2.24) is 10.2 Å². The number of rotatable bonds is 7. The molecule has 1 rings (SSSR count). The van der Waals surface area contributed by atoms with Gasteiger partial charge in [-0.15, -0.1) is 0 Å². The van der Waals surface area contributed by atoms with E-state index < -0.39 is 0 Å². The molecule has 0 saturated heterocycles. The Bertz CT molecular complexity index is 335. The lowest BCUT2D eigenvalue weighted by molar-refractivity contribution is 0.139. The van der Waals surface area contributed by atoms with Gasteiger partial charge in [-0.2, -0.15) is 0 Å². The molecule has 0 spiro atoms. The van der Waals surface area contributed by atoms with Gasteiger partial charge in [0.15, 0.2) is 0 Å². The lowest BCUT2D eigenvalue weighted by atomic mass is 10.0. The second kappa shape index (κ2) is 7.52. The Morgan fingerprint density at radius 1 is 1.28 bits per heavy atom. The SMILES string of the molecule is CNC(CCN(C)CC(C)O)c1ccc(C)cc1. The number of aryl methyl sites for hydroxylation is 1. The number of aliphatic hydroxyl groups excluding tert-OH is 1. The van der Waals surface area contributed by atoms with Gasteiger partial charge in [0, 0.05) is 12.6 Å². The van der Waals surface area contributed by atoms with E-state index in [1.54, 1.807) is 0 Å². The predicted octanol–water partition coefficient (Wildman–Crippen LogP) is 1.96. The number of hydrogen-bond acceptors (Lipinski definition) is 3. The Hall–Kier alpha value is -0.900. The Morgan fingerprint density at radius 2 is 1.89 bits per heavy atom. The van der Waals surface area contributed by atoms with Gasteiger partial charge in [0.25, 0.3) is 0 Å². The summed E-state index contributed by atoms with van der Waals surface area (Å²) < 4.78 is 0. The van der Waals surface area contributed by atoms with E-state index in [9.17, 15) is 5.11 Å². The molecule has 2 unspecified atom stereocenters. The van der Waals surface area contributed by atoms with E-state index in [1.807, 2.05) is 14.0 Å². The molecule has 102 valence electrons. The van der Waals surface area contributed by atoms with E-state index >= 15 is 0 Å². The summed E-state index contributed by atoms with van der Waals surface area (Å²) in [6.45, 7) is 5.63. The van der Waals surface area contributed by atoms with Gasteiger partial charge in [0.05, 0.1) is 6.10 Å². The molecule has 0 aromatic heterocycles. The Balaban J connectivity index is 2.49. The van der Waals surface area contributed by atoms with Gasteiger partial charge in [0.1, 0.15) is 0 Å². The summed E-state index contributed by atoms with van der Waals surface area (Å²) in [5.74, 6) is 0. The van der Waals surface area contributed by atoms with Crippen LogP contribution in [0, 0.1) is 6.92 Å². The largest absolute Gasteiger partial charge is 0.392 e. The quantitative estimate of drug-likeness (QED) is 0.776. The highest BCUT2D eigenvalue weighted by Crippen LogP contribution is 2.17. The number of nitrogens with one attached hydrogen (secondary N) is 1. The summed E-state index contributed by atoms with van der Waals surface area (Å²) in [5.41, 5.74) is 2.62. The summed E-state index contributed by atoms with van der Waals surface area (Å²) in [4.78, 5) is 2.17. The molecule has 3 nitrogen and oxygen atoms in total. The van der Waals surface area contributed by atoms with E-state index in [4.69, 9.17) is 0 Å². The smallest absolute Gasteiger partial charge is 0.0638 e. The van der Waals surface area contributed by atoms with Crippen molar-refractivity contribution < 1.29 is 5.11 Å². The highest BCUT2D eigenvalue weighted by Gasteiger charge is 2.10. The zero-order valence-electron chi connectivity index (χ0n) is 12.0. The van der Waals surface area contributed by atoms with Crippen LogP contribution in [0.5, 0.6) is 0 Å². The molecule has 1 aromatic carbocycles. The summed E-state index contributed by atoms with van der Waals surface area (Å²) in [5, 5.41) is 12.7. The first-order valence-corrected chi connectivity index (χ1v) is 6.63. The number of likely N-dealkylation sites (N-methyl/N-ethyl adjacent to an activating group) is 1. The van der Waals surface area contributed by atoms with Gasteiger partial charge in [0.2, 0.25) is 0 Å². The van der Waals surface area contributed by atoms with Crippen LogP contribution in [0.2, 0.25) is 0 Å². The average molecular weight is 250 g/mol. The van der Waals surface area contributed by atoms with Crippen molar-refractivity contribution >= 4 is 0 Å². The van der Waals surface area contributed by atoms with Crippen LogP contribution in [0.3, 0.4) is 0 Å². The number of aliphatic hydroxyl groups is 1. The third-order valence-electron chi connectivity index (χ3n) is 3.20. The lowest BCUT2D eigenvalue weighted by Crippen LogP contribution is -2.30. The fourth-order valence-corrected chi connectivity index (χ4v) is 2.17. The molecule has 0 aliphatic carbocycles. The normalized spacial score (nSPS) is 14.8. The third-order valence-corrected chi connectivity index (χ3v) is 3.20. The van der Waals surface area contributed by atoms with Crippen LogP contribution >= 0.6 is 0 Å². The van der Waals surface area contributed by atoms with Crippen molar-refractivity contribution in [2.75, 3.05) is 27.2 Å². The summed E-state index contributed by atoms with van der Waals surface area (Å²) in [7, 11) is 4.05. The van der Waals surface area contributed by atoms with Crippen LogP contribution in [-0.2, 0) is 0 Å². The van der Waals surface area contributed by atoms with E-state index in [0.717, 1.165) is 19.5 Å². The molecule has 0 radical (unpaired) electrons. The van der Waals surface area contributed by atoms with Gasteiger partial charge in [-0.25, -0.2) is 0 Å². The van der Waals surface area contributed by atoms with Crippen LogP contribution < -0.4 is 5.32 Å². The van der Waals surface area contributed by atoms with Crippen LogP contribution in [0.25, 0.3) is 0 Å². The molecule has 0 heterocycles. The zero-order valence-corrected chi connectivity index (χ0v) is 12.0. The maximum Gasteiger partial charge on any atom is 0.0638 e. The monoisotopic (exact) mass is 250 g/mol. The number of hydrogen-bond donors (Lipinski definition) is 2. The highest BCUT2D eigenvalue weighted by molar-refractivity contribution is 5.24.